The lowest BCUT2D eigenvalue weighted by molar-refractivity contribution is 1.27. The van der Waals surface area contributed by atoms with Crippen LogP contribution in [0.5, 0.6) is 0 Å². The van der Waals surface area contributed by atoms with E-state index in [0.717, 1.165) is 32.8 Å². The first kappa shape index (κ1) is 13.0. The summed E-state index contributed by atoms with van der Waals surface area (Å²) in [4.78, 5) is 13.1. The number of nitrogens with one attached hydrogen (secondary N) is 1. The Hall–Kier alpha value is -2.05. The molecule has 0 aliphatic carbocycles. The smallest absolute Gasteiger partial charge is 0.188 e. The van der Waals surface area contributed by atoms with Crippen LogP contribution in [0.3, 0.4) is 0 Å². The third kappa shape index (κ3) is 2.76. The highest BCUT2D eigenvalue weighted by Crippen LogP contribution is 2.27. The van der Waals surface area contributed by atoms with Crippen LogP contribution in [0.2, 0.25) is 0 Å². The van der Waals surface area contributed by atoms with Gasteiger partial charge in [-0.3, -0.25) is 0 Å². The lowest BCUT2D eigenvalue weighted by atomic mass is 10.1. The van der Waals surface area contributed by atoms with E-state index in [2.05, 4.69) is 26.8 Å². The van der Waals surface area contributed by atoms with Crippen LogP contribution in [0.25, 0.3) is 16.3 Å². The van der Waals surface area contributed by atoms with Gasteiger partial charge in [0.15, 0.2) is 5.13 Å². The summed E-state index contributed by atoms with van der Waals surface area (Å²) in [5, 5.41) is 8.87. The van der Waals surface area contributed by atoms with Gasteiger partial charge in [-0.2, -0.15) is 0 Å². The van der Waals surface area contributed by atoms with Gasteiger partial charge in [0, 0.05) is 23.2 Å². The SMILES string of the molecule is C=C(C)c1ccc(Nc2nc(-c3nccs3)cs2)nc1. The maximum absolute atomic E-state index is 4.50. The first-order chi connectivity index (χ1) is 9.72. The molecule has 0 spiro atoms. The topological polar surface area (TPSA) is 50.7 Å². The third-order valence-electron chi connectivity index (χ3n) is 2.65. The molecule has 0 radical (unpaired) electrons. The molecule has 0 aliphatic rings. The van der Waals surface area contributed by atoms with Crippen molar-refractivity contribution in [3.8, 4) is 10.7 Å². The second-order valence-electron chi connectivity index (χ2n) is 4.21. The van der Waals surface area contributed by atoms with Crippen molar-refractivity contribution in [2.45, 2.75) is 6.92 Å². The van der Waals surface area contributed by atoms with Crippen molar-refractivity contribution in [3.63, 3.8) is 0 Å². The van der Waals surface area contributed by atoms with E-state index >= 15 is 0 Å². The van der Waals surface area contributed by atoms with Crippen molar-refractivity contribution in [3.05, 3.63) is 47.4 Å². The van der Waals surface area contributed by atoms with Crippen LogP contribution in [0.4, 0.5) is 10.9 Å². The lowest BCUT2D eigenvalue weighted by Gasteiger charge is -2.03. The molecule has 3 aromatic rings. The first-order valence-electron chi connectivity index (χ1n) is 5.97. The van der Waals surface area contributed by atoms with Crippen molar-refractivity contribution in [2.24, 2.45) is 0 Å². The van der Waals surface area contributed by atoms with Crippen LogP contribution >= 0.6 is 22.7 Å². The van der Waals surface area contributed by atoms with Crippen LogP contribution in [-0.4, -0.2) is 15.0 Å². The summed E-state index contributed by atoms with van der Waals surface area (Å²) in [7, 11) is 0. The number of hydrogen-bond acceptors (Lipinski definition) is 6. The first-order valence-corrected chi connectivity index (χ1v) is 7.72. The molecule has 4 nitrogen and oxygen atoms in total. The molecule has 3 rings (SSSR count). The van der Waals surface area contributed by atoms with Crippen LogP contribution < -0.4 is 5.32 Å². The molecule has 100 valence electrons. The predicted octanol–water partition coefficient (Wildman–Crippen LogP) is 4.44. The van der Waals surface area contributed by atoms with Crippen molar-refractivity contribution in [1.82, 2.24) is 15.0 Å². The number of hydrogen-bond donors (Lipinski definition) is 1. The van der Waals surface area contributed by atoms with Crippen LogP contribution in [0, 0.1) is 0 Å². The Kier molecular flexibility index (Phi) is 3.58. The number of thiazole rings is 2. The molecule has 0 saturated heterocycles. The van der Waals surface area contributed by atoms with Gasteiger partial charge in [-0.25, -0.2) is 15.0 Å². The zero-order valence-electron chi connectivity index (χ0n) is 10.8. The zero-order valence-corrected chi connectivity index (χ0v) is 12.5. The molecule has 1 N–H and O–H groups in total. The van der Waals surface area contributed by atoms with Crippen molar-refractivity contribution >= 4 is 39.2 Å². The largest absolute Gasteiger partial charge is 0.316 e. The fraction of sp³-hybridized carbons (Fsp3) is 0.0714. The Bertz CT molecular complexity index is 714. The highest BCUT2D eigenvalue weighted by molar-refractivity contribution is 7.15. The second kappa shape index (κ2) is 5.52. The third-order valence-corrected chi connectivity index (χ3v) is 4.20. The number of aromatic nitrogens is 3. The average molecular weight is 300 g/mol. The second-order valence-corrected chi connectivity index (χ2v) is 5.97. The molecule has 0 fully saturated rings. The lowest BCUT2D eigenvalue weighted by Crippen LogP contribution is -1.93. The van der Waals surface area contributed by atoms with Gasteiger partial charge in [0.25, 0.3) is 0 Å². The van der Waals surface area contributed by atoms with Gasteiger partial charge in [0.1, 0.15) is 16.5 Å². The summed E-state index contributed by atoms with van der Waals surface area (Å²) in [5.74, 6) is 0.773. The molecule has 0 amide bonds. The molecule has 0 unspecified atom stereocenters. The molecule has 0 atom stereocenters. The van der Waals surface area contributed by atoms with E-state index in [0.29, 0.717) is 0 Å². The van der Waals surface area contributed by atoms with E-state index in [9.17, 15) is 0 Å². The van der Waals surface area contributed by atoms with E-state index in [1.165, 1.54) is 0 Å². The normalized spacial score (nSPS) is 10.4. The number of allylic oxidation sites excluding steroid dienone is 1. The Morgan fingerprint density at radius 2 is 2.15 bits per heavy atom. The van der Waals surface area contributed by atoms with Crippen LogP contribution in [0.1, 0.15) is 12.5 Å². The van der Waals surface area contributed by atoms with Gasteiger partial charge in [-0.05, 0) is 30.2 Å². The minimum absolute atomic E-state index is 0.773. The maximum Gasteiger partial charge on any atom is 0.188 e. The highest BCUT2D eigenvalue weighted by atomic mass is 32.1. The quantitative estimate of drug-likeness (QED) is 0.774. The van der Waals surface area contributed by atoms with E-state index < -0.39 is 0 Å². The van der Waals surface area contributed by atoms with E-state index in [-0.39, 0.29) is 0 Å². The van der Waals surface area contributed by atoms with Crippen molar-refractivity contribution in [1.29, 1.82) is 0 Å². The van der Waals surface area contributed by atoms with Gasteiger partial charge < -0.3 is 5.32 Å². The van der Waals surface area contributed by atoms with E-state index in [1.54, 1.807) is 35.1 Å². The molecule has 6 heteroatoms. The number of nitrogens with zero attached hydrogens (tertiary/aromatic N) is 3. The summed E-state index contributed by atoms with van der Waals surface area (Å²) in [5.41, 5.74) is 2.94. The monoisotopic (exact) mass is 300 g/mol. The van der Waals surface area contributed by atoms with Gasteiger partial charge in [0.2, 0.25) is 0 Å². The standard InChI is InChI=1S/C14H12N4S2/c1-9(2)10-3-4-12(16-7-10)18-14-17-11(8-20-14)13-15-5-6-19-13/h3-8H,1H2,2H3,(H,16,17,18). The predicted molar refractivity (Wildman–Crippen MR) is 85.4 cm³/mol. The Balaban J connectivity index is 1.76. The van der Waals surface area contributed by atoms with Gasteiger partial charge in [0.05, 0.1) is 0 Å². The van der Waals surface area contributed by atoms with Crippen LogP contribution in [0.15, 0.2) is 41.9 Å². The summed E-state index contributed by atoms with van der Waals surface area (Å²) in [6.45, 7) is 5.86. The van der Waals surface area contributed by atoms with Gasteiger partial charge in [-0.15, -0.1) is 22.7 Å². The Morgan fingerprint density at radius 1 is 1.25 bits per heavy atom. The molecule has 0 bridgehead atoms. The van der Waals surface area contributed by atoms with E-state index in [1.807, 2.05) is 29.8 Å². The summed E-state index contributed by atoms with van der Waals surface area (Å²) in [6.07, 6.45) is 3.59. The Morgan fingerprint density at radius 3 is 2.80 bits per heavy atom. The fourth-order valence-corrected chi connectivity index (χ4v) is 2.98. The van der Waals surface area contributed by atoms with Gasteiger partial charge in [-0.1, -0.05) is 6.58 Å². The maximum atomic E-state index is 4.50. The zero-order chi connectivity index (χ0) is 13.9. The van der Waals surface area contributed by atoms with Crippen molar-refractivity contribution in [2.75, 3.05) is 5.32 Å². The molecular formula is C14H12N4S2. The summed E-state index contributed by atoms with van der Waals surface area (Å²) >= 11 is 3.12. The molecule has 3 aromatic heterocycles. The highest BCUT2D eigenvalue weighted by Gasteiger charge is 2.07. The van der Waals surface area contributed by atoms with E-state index in [4.69, 9.17) is 0 Å². The molecule has 3 heterocycles. The van der Waals surface area contributed by atoms with Gasteiger partial charge >= 0.3 is 0 Å². The number of rotatable bonds is 4. The number of pyridine rings is 1. The summed E-state index contributed by atoms with van der Waals surface area (Å²) < 4.78 is 0. The summed E-state index contributed by atoms with van der Waals surface area (Å²) in [6, 6.07) is 3.92. The van der Waals surface area contributed by atoms with Crippen molar-refractivity contribution < 1.29 is 0 Å². The molecule has 0 saturated carbocycles. The minimum atomic E-state index is 0.773. The molecule has 20 heavy (non-hydrogen) atoms. The molecule has 0 aliphatic heterocycles. The Labute approximate surface area is 124 Å². The van der Waals surface area contributed by atoms with Crippen LogP contribution in [-0.2, 0) is 0 Å². The average Bonchev–Trinajstić information content (AvgIpc) is 3.09. The minimum Gasteiger partial charge on any atom is -0.316 e. The molecular weight excluding hydrogens is 288 g/mol. The fourth-order valence-electron chi connectivity index (χ4n) is 1.61. The number of anilines is 2. The molecule has 0 aromatic carbocycles.